The molecule has 0 spiro atoms. The fourth-order valence-corrected chi connectivity index (χ4v) is 2.22. The van der Waals surface area contributed by atoms with Crippen molar-refractivity contribution in [2.45, 2.75) is 32.9 Å². The van der Waals surface area contributed by atoms with Crippen molar-refractivity contribution in [2.75, 3.05) is 6.61 Å². The molecule has 0 bridgehead atoms. The lowest BCUT2D eigenvalue weighted by molar-refractivity contribution is 0.340. The van der Waals surface area contributed by atoms with Crippen molar-refractivity contribution in [3.05, 3.63) is 59.9 Å². The van der Waals surface area contributed by atoms with Gasteiger partial charge in [0.25, 0.3) is 0 Å². The summed E-state index contributed by atoms with van der Waals surface area (Å²) in [6.45, 7) is 7.02. The fourth-order valence-electron chi connectivity index (χ4n) is 2.22. The third-order valence-electron chi connectivity index (χ3n) is 3.38. The Morgan fingerprint density at radius 3 is 2.35 bits per heavy atom. The van der Waals surface area contributed by atoms with Gasteiger partial charge in [-0.05, 0) is 50.1 Å². The summed E-state index contributed by atoms with van der Waals surface area (Å²) in [4.78, 5) is 4.16. The molecule has 0 radical (unpaired) electrons. The number of hydrogen-bond acceptors (Lipinski definition) is 3. The molecular formula is C17H22N2O. The van der Waals surface area contributed by atoms with Crippen molar-refractivity contribution in [2.24, 2.45) is 0 Å². The highest BCUT2D eigenvalue weighted by Crippen LogP contribution is 2.21. The molecule has 0 aliphatic carbocycles. The summed E-state index contributed by atoms with van der Waals surface area (Å²) in [7, 11) is 0. The highest BCUT2D eigenvalue weighted by molar-refractivity contribution is 5.29. The first kappa shape index (κ1) is 14.5. The maximum atomic E-state index is 5.46. The van der Waals surface area contributed by atoms with Crippen LogP contribution in [-0.2, 0) is 0 Å². The molecule has 0 amide bonds. The molecule has 1 aromatic heterocycles. The van der Waals surface area contributed by atoms with E-state index in [2.05, 4.69) is 42.3 Å². The highest BCUT2D eigenvalue weighted by atomic mass is 16.5. The lowest BCUT2D eigenvalue weighted by atomic mass is 10.1. The van der Waals surface area contributed by atoms with Gasteiger partial charge >= 0.3 is 0 Å². The monoisotopic (exact) mass is 270 g/mol. The number of pyridine rings is 1. The minimum absolute atomic E-state index is 0.269. The molecule has 0 aliphatic heterocycles. The van der Waals surface area contributed by atoms with Crippen molar-refractivity contribution in [1.29, 1.82) is 0 Å². The Bertz CT molecular complexity index is 510. The minimum Gasteiger partial charge on any atom is -0.494 e. The molecule has 1 heterocycles. The van der Waals surface area contributed by atoms with E-state index < -0.39 is 0 Å². The van der Waals surface area contributed by atoms with Gasteiger partial charge in [-0.15, -0.1) is 0 Å². The second-order valence-electron chi connectivity index (χ2n) is 4.90. The lowest BCUT2D eigenvalue weighted by Crippen LogP contribution is -2.22. The molecule has 0 saturated heterocycles. The third-order valence-corrected chi connectivity index (χ3v) is 3.38. The Hall–Kier alpha value is -1.87. The fraction of sp³-hybridized carbons (Fsp3) is 0.353. The van der Waals surface area contributed by atoms with Crippen molar-refractivity contribution < 1.29 is 4.74 Å². The summed E-state index contributed by atoms with van der Waals surface area (Å²) in [6, 6.07) is 12.9. The molecule has 3 heteroatoms. The van der Waals surface area contributed by atoms with Crippen LogP contribution < -0.4 is 10.1 Å². The first-order valence-electron chi connectivity index (χ1n) is 7.09. The summed E-state index contributed by atoms with van der Waals surface area (Å²) in [5.41, 5.74) is 2.45. The van der Waals surface area contributed by atoms with Gasteiger partial charge in [-0.1, -0.05) is 18.2 Å². The van der Waals surface area contributed by atoms with E-state index in [0.717, 1.165) is 5.75 Å². The number of rotatable bonds is 6. The number of hydrogen-bond donors (Lipinski definition) is 1. The zero-order valence-corrected chi connectivity index (χ0v) is 12.3. The number of ether oxygens (including phenoxy) is 1. The van der Waals surface area contributed by atoms with E-state index in [9.17, 15) is 0 Å². The average Bonchev–Trinajstić information content (AvgIpc) is 2.49. The minimum atomic E-state index is 0.269. The molecule has 1 aromatic carbocycles. The quantitative estimate of drug-likeness (QED) is 0.864. The maximum Gasteiger partial charge on any atom is 0.119 e. The topological polar surface area (TPSA) is 34.1 Å². The van der Waals surface area contributed by atoms with Crippen molar-refractivity contribution >= 4 is 0 Å². The van der Waals surface area contributed by atoms with Crippen LogP contribution in [0.4, 0.5) is 0 Å². The van der Waals surface area contributed by atoms with E-state index in [1.807, 2.05) is 31.3 Å². The number of aromatic nitrogens is 1. The van der Waals surface area contributed by atoms with Crippen molar-refractivity contribution in [1.82, 2.24) is 10.3 Å². The highest BCUT2D eigenvalue weighted by Gasteiger charge is 2.11. The van der Waals surface area contributed by atoms with Gasteiger partial charge in [0.15, 0.2) is 0 Å². The Kier molecular flexibility index (Phi) is 5.13. The lowest BCUT2D eigenvalue weighted by Gasteiger charge is -2.20. The summed E-state index contributed by atoms with van der Waals surface area (Å²) in [5.74, 6) is 0.920. The largest absolute Gasteiger partial charge is 0.494 e. The summed E-state index contributed by atoms with van der Waals surface area (Å²) in [5, 5.41) is 3.58. The van der Waals surface area contributed by atoms with Gasteiger partial charge in [0.05, 0.1) is 6.61 Å². The summed E-state index contributed by atoms with van der Waals surface area (Å²) < 4.78 is 5.46. The molecule has 0 fully saturated rings. The van der Waals surface area contributed by atoms with Gasteiger partial charge in [-0.3, -0.25) is 4.98 Å². The van der Waals surface area contributed by atoms with Crippen molar-refractivity contribution in [3.63, 3.8) is 0 Å². The zero-order chi connectivity index (χ0) is 14.4. The Morgan fingerprint density at radius 1 is 1.05 bits per heavy atom. The first-order chi connectivity index (χ1) is 9.70. The van der Waals surface area contributed by atoms with Crippen LogP contribution in [0.1, 0.15) is 44.0 Å². The predicted molar refractivity (Wildman–Crippen MR) is 81.8 cm³/mol. The molecule has 20 heavy (non-hydrogen) atoms. The van der Waals surface area contributed by atoms with Gasteiger partial charge in [-0.25, -0.2) is 0 Å². The molecule has 2 atom stereocenters. The Balaban J connectivity index is 1.99. The van der Waals surface area contributed by atoms with E-state index in [1.54, 1.807) is 6.20 Å². The van der Waals surface area contributed by atoms with E-state index >= 15 is 0 Å². The second kappa shape index (κ2) is 7.06. The molecule has 106 valence electrons. The van der Waals surface area contributed by atoms with E-state index in [1.165, 1.54) is 11.1 Å². The smallest absolute Gasteiger partial charge is 0.119 e. The van der Waals surface area contributed by atoms with E-state index in [4.69, 9.17) is 4.74 Å². The third kappa shape index (κ3) is 3.81. The molecule has 0 aliphatic rings. The first-order valence-corrected chi connectivity index (χ1v) is 7.09. The van der Waals surface area contributed by atoms with Gasteiger partial charge in [-0.2, -0.15) is 0 Å². The van der Waals surface area contributed by atoms with E-state index in [0.29, 0.717) is 6.61 Å². The molecule has 3 nitrogen and oxygen atoms in total. The number of nitrogens with one attached hydrogen (secondary N) is 1. The van der Waals surface area contributed by atoms with Crippen LogP contribution in [0.25, 0.3) is 0 Å². The van der Waals surface area contributed by atoms with Crippen LogP contribution in [0.5, 0.6) is 5.75 Å². The summed E-state index contributed by atoms with van der Waals surface area (Å²) in [6.07, 6.45) is 3.70. The molecule has 2 unspecified atom stereocenters. The van der Waals surface area contributed by atoms with Crippen LogP contribution in [0.15, 0.2) is 48.8 Å². The van der Waals surface area contributed by atoms with E-state index in [-0.39, 0.29) is 12.1 Å². The normalized spacial score (nSPS) is 13.8. The summed E-state index contributed by atoms with van der Waals surface area (Å²) >= 11 is 0. The SMILES string of the molecule is CCOc1ccc(C(C)NC(C)c2cccnc2)cc1. The Labute approximate surface area is 121 Å². The predicted octanol–water partition coefficient (Wildman–Crippen LogP) is 3.89. The van der Waals surface area contributed by atoms with Crippen LogP contribution in [0.2, 0.25) is 0 Å². The van der Waals surface area contributed by atoms with Crippen molar-refractivity contribution in [3.8, 4) is 5.75 Å². The van der Waals surface area contributed by atoms with Crippen LogP contribution in [0, 0.1) is 0 Å². The van der Waals surface area contributed by atoms with Crippen LogP contribution in [-0.4, -0.2) is 11.6 Å². The molecule has 2 rings (SSSR count). The molecular weight excluding hydrogens is 248 g/mol. The Morgan fingerprint density at radius 2 is 1.75 bits per heavy atom. The van der Waals surface area contributed by atoms with Gasteiger partial charge in [0.1, 0.15) is 5.75 Å². The second-order valence-corrected chi connectivity index (χ2v) is 4.90. The molecule has 0 saturated carbocycles. The van der Waals surface area contributed by atoms with Crippen LogP contribution >= 0.6 is 0 Å². The number of benzene rings is 1. The molecule has 1 N–H and O–H groups in total. The van der Waals surface area contributed by atoms with Gasteiger partial charge in [0, 0.05) is 24.5 Å². The van der Waals surface area contributed by atoms with Gasteiger partial charge < -0.3 is 10.1 Å². The maximum absolute atomic E-state index is 5.46. The van der Waals surface area contributed by atoms with Crippen LogP contribution in [0.3, 0.4) is 0 Å². The standard InChI is InChI=1S/C17H22N2O/c1-4-20-17-9-7-15(8-10-17)13(2)19-14(3)16-6-5-11-18-12-16/h5-14,19H,4H2,1-3H3. The average molecular weight is 270 g/mol. The van der Waals surface area contributed by atoms with Gasteiger partial charge in [0.2, 0.25) is 0 Å². The number of nitrogens with zero attached hydrogens (tertiary/aromatic N) is 1. The molecule has 2 aromatic rings. The zero-order valence-electron chi connectivity index (χ0n) is 12.3.